The van der Waals surface area contributed by atoms with Crippen LogP contribution in [0.2, 0.25) is 5.02 Å². The molecule has 0 atom stereocenters. The molecule has 1 aliphatic rings. The van der Waals surface area contributed by atoms with Crippen LogP contribution < -0.4 is 10.2 Å². The summed E-state index contributed by atoms with van der Waals surface area (Å²) >= 11 is 12.6. The van der Waals surface area contributed by atoms with Crippen LogP contribution >= 0.6 is 35.6 Å². The zero-order valence-corrected chi connectivity index (χ0v) is 19.2. The molecular weight excluding hydrogens is 480 g/mol. The molecule has 0 radical (unpaired) electrons. The highest BCUT2D eigenvalue weighted by molar-refractivity contribution is 7.99. The molecule has 3 aromatic rings. The first-order valence-electron chi connectivity index (χ1n) is 9.61. The number of carbonyl (C=O) groups is 3. The third-order valence-electron chi connectivity index (χ3n) is 4.73. The minimum atomic E-state index is -1.09. The van der Waals surface area contributed by atoms with Gasteiger partial charge in [-0.3, -0.25) is 19.8 Å². The summed E-state index contributed by atoms with van der Waals surface area (Å²) in [4.78, 5) is 40.0. The van der Waals surface area contributed by atoms with E-state index in [1.807, 2.05) is 36.4 Å². The molecule has 2 amide bonds. The number of halogens is 1. The van der Waals surface area contributed by atoms with Crippen LogP contribution in [0, 0.1) is 0 Å². The lowest BCUT2D eigenvalue weighted by atomic mass is 10.1. The Labute approximate surface area is 203 Å². The van der Waals surface area contributed by atoms with Crippen LogP contribution in [0.15, 0.2) is 88.2 Å². The van der Waals surface area contributed by atoms with Gasteiger partial charge in [-0.25, -0.2) is 4.79 Å². The van der Waals surface area contributed by atoms with Gasteiger partial charge in [0.2, 0.25) is 0 Å². The molecule has 2 N–H and O–H groups in total. The van der Waals surface area contributed by atoms with Crippen LogP contribution in [0.4, 0.5) is 5.69 Å². The number of nitrogens with one attached hydrogen (secondary N) is 1. The minimum Gasteiger partial charge on any atom is -0.478 e. The van der Waals surface area contributed by atoms with E-state index in [4.69, 9.17) is 28.9 Å². The molecule has 33 heavy (non-hydrogen) atoms. The van der Waals surface area contributed by atoms with E-state index in [0.717, 1.165) is 9.79 Å². The van der Waals surface area contributed by atoms with Crippen molar-refractivity contribution in [2.45, 2.75) is 9.79 Å². The van der Waals surface area contributed by atoms with Crippen molar-refractivity contribution >= 4 is 70.2 Å². The van der Waals surface area contributed by atoms with E-state index in [1.54, 1.807) is 12.1 Å². The van der Waals surface area contributed by atoms with Gasteiger partial charge in [0.15, 0.2) is 5.11 Å². The van der Waals surface area contributed by atoms with Crippen molar-refractivity contribution < 1.29 is 19.5 Å². The SMILES string of the molecule is O=C1NC(=S)N(c2ccc(C(=O)O)cc2)C(=O)/C1=C\c1ccccc1Sc1ccc(Cl)cc1. The van der Waals surface area contributed by atoms with E-state index in [1.165, 1.54) is 47.0 Å². The lowest BCUT2D eigenvalue weighted by molar-refractivity contribution is -0.122. The van der Waals surface area contributed by atoms with E-state index in [0.29, 0.717) is 16.3 Å². The van der Waals surface area contributed by atoms with Gasteiger partial charge in [-0.15, -0.1) is 0 Å². The molecule has 0 saturated carbocycles. The van der Waals surface area contributed by atoms with Gasteiger partial charge in [0, 0.05) is 14.8 Å². The van der Waals surface area contributed by atoms with Crippen molar-refractivity contribution in [2.75, 3.05) is 4.90 Å². The number of amides is 2. The summed E-state index contributed by atoms with van der Waals surface area (Å²) in [7, 11) is 0. The number of nitrogens with zero attached hydrogens (tertiary/aromatic N) is 1. The number of hydrogen-bond acceptors (Lipinski definition) is 5. The summed E-state index contributed by atoms with van der Waals surface area (Å²) in [5.74, 6) is -2.29. The monoisotopic (exact) mass is 494 g/mol. The quantitative estimate of drug-likeness (QED) is 0.294. The van der Waals surface area contributed by atoms with Crippen LogP contribution in [-0.4, -0.2) is 28.0 Å². The highest BCUT2D eigenvalue weighted by Gasteiger charge is 2.34. The number of thiocarbonyl (C=S) groups is 1. The Kier molecular flexibility index (Phi) is 6.60. The first kappa shape index (κ1) is 22.7. The Bertz CT molecular complexity index is 1300. The second-order valence-electron chi connectivity index (χ2n) is 6.90. The van der Waals surface area contributed by atoms with Gasteiger partial charge in [0.05, 0.1) is 11.3 Å². The Morgan fingerprint density at radius 2 is 1.67 bits per heavy atom. The molecule has 1 fully saturated rings. The van der Waals surface area contributed by atoms with Gasteiger partial charge >= 0.3 is 5.97 Å². The summed E-state index contributed by atoms with van der Waals surface area (Å²) in [6, 6.07) is 20.4. The smallest absolute Gasteiger partial charge is 0.335 e. The van der Waals surface area contributed by atoms with Gasteiger partial charge < -0.3 is 5.11 Å². The van der Waals surface area contributed by atoms with Gasteiger partial charge in [0.25, 0.3) is 11.8 Å². The maximum absolute atomic E-state index is 13.2. The van der Waals surface area contributed by atoms with Crippen LogP contribution in [0.5, 0.6) is 0 Å². The molecular formula is C24H15ClN2O4S2. The topological polar surface area (TPSA) is 86.7 Å². The van der Waals surface area contributed by atoms with Gasteiger partial charge in [-0.05, 0) is 78.5 Å². The Morgan fingerprint density at radius 3 is 2.33 bits per heavy atom. The number of carboxylic acids is 1. The van der Waals surface area contributed by atoms with Crippen molar-refractivity contribution in [3.05, 3.63) is 94.5 Å². The van der Waals surface area contributed by atoms with Crippen LogP contribution in [0.1, 0.15) is 15.9 Å². The Morgan fingerprint density at radius 1 is 1.00 bits per heavy atom. The van der Waals surface area contributed by atoms with E-state index in [2.05, 4.69) is 5.32 Å². The largest absolute Gasteiger partial charge is 0.478 e. The lowest BCUT2D eigenvalue weighted by Crippen LogP contribution is -2.54. The zero-order valence-electron chi connectivity index (χ0n) is 16.8. The second kappa shape index (κ2) is 9.58. The normalized spacial score (nSPS) is 15.0. The molecule has 3 aromatic carbocycles. The number of benzene rings is 3. The molecule has 9 heteroatoms. The van der Waals surface area contributed by atoms with E-state index in [9.17, 15) is 14.4 Å². The predicted molar refractivity (Wildman–Crippen MR) is 132 cm³/mol. The molecule has 1 aliphatic heterocycles. The number of hydrogen-bond donors (Lipinski definition) is 2. The fraction of sp³-hybridized carbons (Fsp3) is 0. The average molecular weight is 495 g/mol. The molecule has 4 rings (SSSR count). The number of carbonyl (C=O) groups excluding carboxylic acids is 2. The molecule has 1 saturated heterocycles. The van der Waals surface area contributed by atoms with Gasteiger partial charge in [-0.2, -0.15) is 0 Å². The highest BCUT2D eigenvalue weighted by Crippen LogP contribution is 2.33. The van der Waals surface area contributed by atoms with Gasteiger partial charge in [0.1, 0.15) is 5.57 Å². The number of rotatable bonds is 5. The molecule has 0 unspecified atom stereocenters. The van der Waals surface area contributed by atoms with E-state index in [-0.39, 0.29) is 16.2 Å². The van der Waals surface area contributed by atoms with Crippen molar-refractivity contribution in [1.82, 2.24) is 5.32 Å². The van der Waals surface area contributed by atoms with Crippen LogP contribution in [-0.2, 0) is 9.59 Å². The molecule has 0 bridgehead atoms. The number of aromatic carboxylic acids is 1. The second-order valence-corrected chi connectivity index (χ2v) is 8.84. The molecule has 0 aliphatic carbocycles. The van der Waals surface area contributed by atoms with Crippen molar-refractivity contribution in [2.24, 2.45) is 0 Å². The molecule has 164 valence electrons. The molecule has 0 spiro atoms. The van der Waals surface area contributed by atoms with Crippen LogP contribution in [0.3, 0.4) is 0 Å². The lowest BCUT2D eigenvalue weighted by Gasteiger charge is -2.29. The average Bonchev–Trinajstić information content (AvgIpc) is 2.79. The summed E-state index contributed by atoms with van der Waals surface area (Å²) < 4.78 is 0. The fourth-order valence-corrected chi connectivity index (χ4v) is 4.45. The Balaban J connectivity index is 1.68. The minimum absolute atomic E-state index is 0.0714. The maximum atomic E-state index is 13.2. The van der Waals surface area contributed by atoms with Crippen molar-refractivity contribution in [3.63, 3.8) is 0 Å². The number of carboxylic acid groups (broad SMARTS) is 1. The molecule has 6 nitrogen and oxygen atoms in total. The number of anilines is 1. The molecule has 1 heterocycles. The van der Waals surface area contributed by atoms with E-state index < -0.39 is 17.8 Å². The summed E-state index contributed by atoms with van der Waals surface area (Å²) in [6.07, 6.45) is 1.52. The van der Waals surface area contributed by atoms with Crippen molar-refractivity contribution in [3.8, 4) is 0 Å². The Hall–Kier alpha value is -3.46. The fourth-order valence-electron chi connectivity index (χ4n) is 3.12. The van der Waals surface area contributed by atoms with Crippen LogP contribution in [0.25, 0.3) is 6.08 Å². The third kappa shape index (κ3) is 4.98. The first-order chi connectivity index (χ1) is 15.8. The summed E-state index contributed by atoms with van der Waals surface area (Å²) in [5, 5.41) is 12.2. The zero-order chi connectivity index (χ0) is 23.5. The summed E-state index contributed by atoms with van der Waals surface area (Å²) in [6.45, 7) is 0. The predicted octanol–water partition coefficient (Wildman–Crippen LogP) is 5.02. The van der Waals surface area contributed by atoms with E-state index >= 15 is 0 Å². The van der Waals surface area contributed by atoms with Crippen molar-refractivity contribution in [1.29, 1.82) is 0 Å². The summed E-state index contributed by atoms with van der Waals surface area (Å²) in [5.41, 5.74) is 1.02. The molecule has 0 aromatic heterocycles. The highest BCUT2D eigenvalue weighted by atomic mass is 35.5. The maximum Gasteiger partial charge on any atom is 0.335 e. The third-order valence-corrected chi connectivity index (χ3v) is 6.37. The van der Waals surface area contributed by atoms with Gasteiger partial charge in [-0.1, -0.05) is 41.6 Å². The standard InChI is InChI=1S/C24H15ClN2O4S2/c25-16-7-11-18(12-8-16)33-20-4-2-1-3-15(20)13-19-21(28)26-24(32)27(22(19)29)17-9-5-14(6-10-17)23(30)31/h1-13H,(H,30,31)(H,26,28,32)/b19-13-. The first-order valence-corrected chi connectivity index (χ1v) is 11.2.